The van der Waals surface area contributed by atoms with Crippen LogP contribution in [0.4, 0.5) is 4.79 Å². The maximum Gasteiger partial charge on any atom is 0.326 e. The van der Waals surface area contributed by atoms with Crippen molar-refractivity contribution in [3.05, 3.63) is 11.6 Å². The van der Waals surface area contributed by atoms with Crippen LogP contribution in [0.2, 0.25) is 0 Å². The number of amides is 2. The zero-order valence-electron chi connectivity index (χ0n) is 11.0. The van der Waals surface area contributed by atoms with E-state index in [9.17, 15) is 9.59 Å². The van der Waals surface area contributed by atoms with Gasteiger partial charge in [0, 0.05) is 19.6 Å². The molecule has 1 atom stereocenters. The van der Waals surface area contributed by atoms with E-state index in [-0.39, 0.29) is 13.0 Å². The Kier molecular flexibility index (Phi) is 6.95. The standard InChI is InChI=1S/C13H22N2O4/c16-9-7-11(12(17)18)15-13(19)14-8-6-10-4-2-1-3-5-10/h4,11,16H,1-3,5-9H2,(H,17,18)(H2,14,15,19). The van der Waals surface area contributed by atoms with Gasteiger partial charge < -0.3 is 20.8 Å². The highest BCUT2D eigenvalue weighted by molar-refractivity contribution is 5.82. The Morgan fingerprint density at radius 2 is 2.16 bits per heavy atom. The van der Waals surface area contributed by atoms with Crippen LogP contribution in [0.1, 0.15) is 38.5 Å². The smallest absolute Gasteiger partial charge is 0.326 e. The van der Waals surface area contributed by atoms with Gasteiger partial charge in [-0.05, 0) is 32.1 Å². The summed E-state index contributed by atoms with van der Waals surface area (Å²) in [7, 11) is 0. The fourth-order valence-corrected chi connectivity index (χ4v) is 2.06. The van der Waals surface area contributed by atoms with Crippen molar-refractivity contribution in [2.75, 3.05) is 13.2 Å². The van der Waals surface area contributed by atoms with Gasteiger partial charge in [0.25, 0.3) is 0 Å². The molecule has 19 heavy (non-hydrogen) atoms. The zero-order valence-corrected chi connectivity index (χ0v) is 11.0. The topological polar surface area (TPSA) is 98.7 Å². The Labute approximate surface area is 112 Å². The van der Waals surface area contributed by atoms with Gasteiger partial charge in [-0.1, -0.05) is 11.6 Å². The third-order valence-corrected chi connectivity index (χ3v) is 3.14. The predicted molar refractivity (Wildman–Crippen MR) is 70.8 cm³/mol. The molecule has 0 aromatic heterocycles. The lowest BCUT2D eigenvalue weighted by atomic mass is 9.97. The molecule has 0 saturated carbocycles. The average Bonchev–Trinajstić information content (AvgIpc) is 2.39. The number of carboxylic acid groups (broad SMARTS) is 1. The Bertz CT molecular complexity index is 342. The normalized spacial score (nSPS) is 16.4. The van der Waals surface area contributed by atoms with Crippen LogP contribution in [0.5, 0.6) is 0 Å². The number of hydrogen-bond acceptors (Lipinski definition) is 3. The SMILES string of the molecule is O=C(NCCC1=CCCCC1)NC(CCO)C(=O)O. The lowest BCUT2D eigenvalue weighted by Gasteiger charge is -2.15. The number of rotatable bonds is 7. The molecule has 0 saturated heterocycles. The molecule has 1 rings (SSSR count). The van der Waals surface area contributed by atoms with E-state index in [1.807, 2.05) is 0 Å². The van der Waals surface area contributed by atoms with Crippen LogP contribution in [0, 0.1) is 0 Å². The number of aliphatic hydroxyl groups excluding tert-OH is 1. The molecule has 2 amide bonds. The van der Waals surface area contributed by atoms with E-state index in [0.29, 0.717) is 6.54 Å². The average molecular weight is 270 g/mol. The maximum absolute atomic E-state index is 11.5. The number of aliphatic carboxylic acids is 1. The molecule has 1 unspecified atom stereocenters. The van der Waals surface area contributed by atoms with Crippen molar-refractivity contribution in [1.29, 1.82) is 0 Å². The van der Waals surface area contributed by atoms with Gasteiger partial charge >= 0.3 is 12.0 Å². The highest BCUT2D eigenvalue weighted by atomic mass is 16.4. The molecule has 6 nitrogen and oxygen atoms in total. The highest BCUT2D eigenvalue weighted by Gasteiger charge is 2.18. The molecule has 0 aliphatic heterocycles. The van der Waals surface area contributed by atoms with Gasteiger partial charge in [-0.25, -0.2) is 9.59 Å². The summed E-state index contributed by atoms with van der Waals surface area (Å²) in [5, 5.41) is 22.5. The van der Waals surface area contributed by atoms with E-state index >= 15 is 0 Å². The first-order chi connectivity index (χ1) is 9.13. The number of allylic oxidation sites excluding steroid dienone is 1. The first-order valence-electron chi connectivity index (χ1n) is 6.69. The van der Waals surface area contributed by atoms with Crippen molar-refractivity contribution in [3.8, 4) is 0 Å². The number of urea groups is 1. The monoisotopic (exact) mass is 270 g/mol. The molecule has 1 aliphatic rings. The molecule has 0 bridgehead atoms. The minimum atomic E-state index is -1.14. The Morgan fingerprint density at radius 1 is 1.37 bits per heavy atom. The third kappa shape index (κ3) is 6.24. The van der Waals surface area contributed by atoms with E-state index in [1.54, 1.807) is 0 Å². The summed E-state index contributed by atoms with van der Waals surface area (Å²) in [5.41, 5.74) is 1.36. The van der Waals surface area contributed by atoms with Crippen LogP contribution in [0.25, 0.3) is 0 Å². The Morgan fingerprint density at radius 3 is 2.74 bits per heavy atom. The molecule has 1 aliphatic carbocycles. The molecule has 0 spiro atoms. The number of nitrogens with one attached hydrogen (secondary N) is 2. The number of carboxylic acids is 1. The minimum absolute atomic E-state index is 0.00784. The Balaban J connectivity index is 2.22. The zero-order chi connectivity index (χ0) is 14.1. The molecule has 0 aromatic rings. The first kappa shape index (κ1) is 15.5. The van der Waals surface area contributed by atoms with Gasteiger partial charge in [-0.15, -0.1) is 0 Å². The van der Waals surface area contributed by atoms with E-state index in [4.69, 9.17) is 10.2 Å². The summed E-state index contributed by atoms with van der Waals surface area (Å²) in [4.78, 5) is 22.3. The van der Waals surface area contributed by atoms with E-state index in [2.05, 4.69) is 16.7 Å². The minimum Gasteiger partial charge on any atom is -0.480 e. The van der Waals surface area contributed by atoms with Crippen LogP contribution < -0.4 is 10.6 Å². The lowest BCUT2D eigenvalue weighted by Crippen LogP contribution is -2.46. The lowest BCUT2D eigenvalue weighted by molar-refractivity contribution is -0.139. The molecular weight excluding hydrogens is 248 g/mol. The second-order valence-corrected chi connectivity index (χ2v) is 4.66. The van der Waals surface area contributed by atoms with Gasteiger partial charge in [0.15, 0.2) is 0 Å². The van der Waals surface area contributed by atoms with Crippen molar-refractivity contribution in [2.45, 2.75) is 44.6 Å². The Hall–Kier alpha value is -1.56. The van der Waals surface area contributed by atoms with Gasteiger partial charge in [0.2, 0.25) is 0 Å². The van der Waals surface area contributed by atoms with Gasteiger partial charge in [-0.3, -0.25) is 0 Å². The van der Waals surface area contributed by atoms with Crippen LogP contribution in [0.15, 0.2) is 11.6 Å². The van der Waals surface area contributed by atoms with Crippen LogP contribution in [-0.2, 0) is 4.79 Å². The number of hydrogen-bond donors (Lipinski definition) is 4. The summed E-state index contributed by atoms with van der Waals surface area (Å²) in [6.07, 6.45) is 7.67. The molecular formula is C13H22N2O4. The molecule has 6 heteroatoms. The fraction of sp³-hybridized carbons (Fsp3) is 0.692. The van der Waals surface area contributed by atoms with Crippen molar-refractivity contribution >= 4 is 12.0 Å². The first-order valence-corrected chi connectivity index (χ1v) is 6.69. The second-order valence-electron chi connectivity index (χ2n) is 4.66. The summed E-state index contributed by atoms with van der Waals surface area (Å²) >= 11 is 0. The molecule has 4 N–H and O–H groups in total. The molecule has 0 aromatic carbocycles. The second kappa shape index (κ2) is 8.53. The summed E-state index contributed by atoms with van der Waals surface area (Å²) in [6, 6.07) is -1.55. The van der Waals surface area contributed by atoms with E-state index < -0.39 is 18.0 Å². The van der Waals surface area contributed by atoms with E-state index in [1.165, 1.54) is 18.4 Å². The van der Waals surface area contributed by atoms with E-state index in [0.717, 1.165) is 19.3 Å². The van der Waals surface area contributed by atoms with Crippen molar-refractivity contribution < 1.29 is 19.8 Å². The predicted octanol–water partition coefficient (Wildman–Crippen LogP) is 1.01. The van der Waals surface area contributed by atoms with Crippen molar-refractivity contribution in [2.24, 2.45) is 0 Å². The van der Waals surface area contributed by atoms with Crippen molar-refractivity contribution in [1.82, 2.24) is 10.6 Å². The quantitative estimate of drug-likeness (QED) is 0.519. The molecule has 0 fully saturated rings. The molecule has 0 heterocycles. The molecule has 108 valence electrons. The van der Waals surface area contributed by atoms with Crippen LogP contribution in [-0.4, -0.2) is 41.4 Å². The summed E-state index contributed by atoms with van der Waals surface area (Å²) in [6.45, 7) is 0.229. The van der Waals surface area contributed by atoms with Gasteiger partial charge in [0.05, 0.1) is 0 Å². The largest absolute Gasteiger partial charge is 0.480 e. The van der Waals surface area contributed by atoms with Gasteiger partial charge in [-0.2, -0.15) is 0 Å². The summed E-state index contributed by atoms with van der Waals surface area (Å²) < 4.78 is 0. The third-order valence-electron chi connectivity index (χ3n) is 3.14. The number of carbonyl (C=O) groups is 2. The van der Waals surface area contributed by atoms with Crippen LogP contribution in [0.3, 0.4) is 0 Å². The molecule has 0 radical (unpaired) electrons. The maximum atomic E-state index is 11.5. The number of carbonyl (C=O) groups excluding carboxylic acids is 1. The summed E-state index contributed by atoms with van der Waals surface area (Å²) in [5.74, 6) is -1.14. The number of aliphatic hydroxyl groups is 1. The fourth-order valence-electron chi connectivity index (χ4n) is 2.06. The van der Waals surface area contributed by atoms with Crippen LogP contribution >= 0.6 is 0 Å². The highest BCUT2D eigenvalue weighted by Crippen LogP contribution is 2.19. The van der Waals surface area contributed by atoms with Gasteiger partial charge in [0.1, 0.15) is 6.04 Å². The van der Waals surface area contributed by atoms with Crippen molar-refractivity contribution in [3.63, 3.8) is 0 Å².